The summed E-state index contributed by atoms with van der Waals surface area (Å²) in [6, 6.07) is 12.2. The largest absolute Gasteiger partial charge is 0.493 e. The number of nitrogens with zero attached hydrogens (tertiary/aromatic N) is 2. The lowest BCUT2D eigenvalue weighted by Gasteiger charge is -2.35. The molecule has 1 atom stereocenters. The minimum Gasteiger partial charge on any atom is -0.493 e. The van der Waals surface area contributed by atoms with Gasteiger partial charge in [0.2, 0.25) is 0 Å². The molecule has 2 aromatic carbocycles. The molecule has 8 nitrogen and oxygen atoms in total. The van der Waals surface area contributed by atoms with Crippen molar-refractivity contribution in [3.05, 3.63) is 42.0 Å². The Morgan fingerprint density at radius 3 is 1.93 bits per heavy atom. The van der Waals surface area contributed by atoms with Gasteiger partial charge in [-0.05, 0) is 37.1 Å². The zero-order valence-corrected chi connectivity index (χ0v) is 26.5. The van der Waals surface area contributed by atoms with Gasteiger partial charge < -0.3 is 28.6 Å². The summed E-state index contributed by atoms with van der Waals surface area (Å²) < 4.78 is 28.2. The average molecular weight is 574 g/mol. The monoisotopic (exact) mass is 573 g/mol. The number of benzene rings is 2. The number of quaternary nitrogens is 1. The van der Waals surface area contributed by atoms with Crippen LogP contribution in [0.5, 0.6) is 23.0 Å². The molecule has 0 aliphatic rings. The molecule has 41 heavy (non-hydrogen) atoms. The van der Waals surface area contributed by atoms with Crippen molar-refractivity contribution < 1.29 is 28.5 Å². The Bertz CT molecular complexity index is 1050. The molecule has 2 aromatic rings. The first-order chi connectivity index (χ1) is 19.8. The maximum atomic E-state index is 12.8. The average Bonchev–Trinajstić information content (AvgIpc) is 3.00. The van der Waals surface area contributed by atoms with Gasteiger partial charge in [0.15, 0.2) is 23.0 Å². The summed E-state index contributed by atoms with van der Waals surface area (Å²) >= 11 is 0. The first-order valence-corrected chi connectivity index (χ1v) is 15.0. The predicted octanol–water partition coefficient (Wildman–Crippen LogP) is 7.11. The van der Waals surface area contributed by atoms with Crippen LogP contribution in [-0.2, 0) is 11.2 Å². The van der Waals surface area contributed by atoms with E-state index < -0.39 is 0 Å². The lowest BCUT2D eigenvalue weighted by molar-refractivity contribution is 0.104. The van der Waals surface area contributed by atoms with Crippen LogP contribution in [0.1, 0.15) is 64.4 Å². The zero-order chi connectivity index (χ0) is 30.1. The van der Waals surface area contributed by atoms with E-state index in [0.717, 1.165) is 62.5 Å². The highest BCUT2D eigenvalue weighted by atomic mass is 16.6. The second-order valence-corrected chi connectivity index (χ2v) is 10.6. The summed E-state index contributed by atoms with van der Waals surface area (Å²) in [6.45, 7) is 7.56. The van der Waals surface area contributed by atoms with Gasteiger partial charge in [0.1, 0.15) is 5.69 Å². The number of hydrogen-bond acceptors (Lipinski definition) is 6. The topological polar surface area (TPSA) is 66.5 Å². The summed E-state index contributed by atoms with van der Waals surface area (Å²) in [4.78, 5) is 14.6. The molecule has 0 saturated carbocycles. The molecule has 2 rings (SSSR count). The smallest absolute Gasteiger partial charge is 0.409 e. The number of carbonyl (C=O) groups excluding carboxylic acids is 1. The molecule has 0 fully saturated rings. The maximum Gasteiger partial charge on any atom is 0.409 e. The highest BCUT2D eigenvalue weighted by molar-refractivity contribution is 5.67. The van der Waals surface area contributed by atoms with Gasteiger partial charge in [0.25, 0.3) is 0 Å². The van der Waals surface area contributed by atoms with Crippen LogP contribution in [0.3, 0.4) is 0 Å². The molecule has 0 radical (unpaired) electrons. The van der Waals surface area contributed by atoms with Crippen molar-refractivity contribution in [2.45, 2.75) is 65.2 Å². The van der Waals surface area contributed by atoms with E-state index in [-0.39, 0.29) is 6.09 Å². The molecule has 8 heteroatoms. The maximum absolute atomic E-state index is 12.8. The second kappa shape index (κ2) is 18.3. The SMILES string of the molecule is CCCCCCCCN(CCC[N+](C)(CCc1ccc(OC)c(OC)c1)c1ccc(OC)c(OC)c1)C(=O)OCC. The lowest BCUT2D eigenvalue weighted by atomic mass is 10.1. The third-order valence-electron chi connectivity index (χ3n) is 7.72. The fraction of sp³-hybridized carbons (Fsp3) is 0.606. The van der Waals surface area contributed by atoms with Gasteiger partial charge in [-0.3, -0.25) is 4.48 Å². The van der Waals surface area contributed by atoms with E-state index in [1.54, 1.807) is 28.4 Å². The molecule has 0 heterocycles. The Morgan fingerprint density at radius 1 is 0.707 bits per heavy atom. The molecule has 0 aliphatic carbocycles. The van der Waals surface area contributed by atoms with Crippen molar-refractivity contribution in [3.8, 4) is 23.0 Å². The normalized spacial score (nSPS) is 12.4. The number of carbonyl (C=O) groups is 1. The molecular weight excluding hydrogens is 520 g/mol. The minimum absolute atomic E-state index is 0.216. The Kier molecular flexibility index (Phi) is 15.2. The minimum atomic E-state index is -0.216. The number of amides is 1. The van der Waals surface area contributed by atoms with Gasteiger partial charge >= 0.3 is 6.09 Å². The number of unbranched alkanes of at least 4 members (excludes halogenated alkanes) is 5. The number of hydrogen-bond donors (Lipinski definition) is 0. The lowest BCUT2D eigenvalue weighted by Crippen LogP contribution is -2.48. The van der Waals surface area contributed by atoms with E-state index in [1.165, 1.54) is 31.2 Å². The van der Waals surface area contributed by atoms with Crippen molar-refractivity contribution in [1.29, 1.82) is 0 Å². The molecule has 1 amide bonds. The fourth-order valence-corrected chi connectivity index (χ4v) is 5.15. The van der Waals surface area contributed by atoms with Gasteiger partial charge in [-0.2, -0.15) is 0 Å². The summed E-state index contributed by atoms with van der Waals surface area (Å²) in [5, 5.41) is 0. The van der Waals surface area contributed by atoms with Gasteiger partial charge in [0, 0.05) is 38.1 Å². The van der Waals surface area contributed by atoms with Crippen LogP contribution in [0.15, 0.2) is 36.4 Å². The second-order valence-electron chi connectivity index (χ2n) is 10.6. The van der Waals surface area contributed by atoms with Crippen LogP contribution in [0, 0.1) is 0 Å². The third-order valence-corrected chi connectivity index (χ3v) is 7.72. The van der Waals surface area contributed by atoms with Gasteiger partial charge in [0.05, 0.1) is 55.2 Å². The van der Waals surface area contributed by atoms with Crippen molar-refractivity contribution >= 4 is 11.8 Å². The summed E-state index contributed by atoms with van der Waals surface area (Å²) in [5.74, 6) is 2.86. The quantitative estimate of drug-likeness (QED) is 0.124. The van der Waals surface area contributed by atoms with Crippen LogP contribution in [0.2, 0.25) is 0 Å². The van der Waals surface area contributed by atoms with E-state index in [1.807, 2.05) is 30.0 Å². The number of rotatable bonds is 20. The standard InChI is InChI=1S/C33H53N2O6/c1-8-10-11-12-13-14-21-34(33(36)41-9-2)22-15-23-35(3,28-17-19-30(38-5)32(26-28)40-7)24-20-27-16-18-29(37-4)31(25-27)39-6/h16-19,25-26H,8-15,20-24H2,1-7H3/q+1. The van der Waals surface area contributed by atoms with Crippen molar-refractivity contribution in [1.82, 2.24) is 9.38 Å². The molecule has 0 aromatic heterocycles. The number of likely N-dealkylation sites (N-methyl/N-ethyl adjacent to an activating group) is 1. The molecule has 0 spiro atoms. The summed E-state index contributed by atoms with van der Waals surface area (Å²) in [6.07, 6.45) is 8.59. The molecule has 0 aliphatic heterocycles. The van der Waals surface area contributed by atoms with E-state index in [9.17, 15) is 4.79 Å². The Hall–Kier alpha value is -3.13. The highest BCUT2D eigenvalue weighted by Gasteiger charge is 2.27. The van der Waals surface area contributed by atoms with Crippen molar-refractivity contribution in [2.24, 2.45) is 0 Å². The first kappa shape index (κ1) is 34.1. The first-order valence-electron chi connectivity index (χ1n) is 15.0. The molecule has 0 saturated heterocycles. The Balaban J connectivity index is 2.20. The Labute approximate surface area is 248 Å². The Morgan fingerprint density at radius 2 is 1.29 bits per heavy atom. The van der Waals surface area contributed by atoms with E-state index in [0.29, 0.717) is 29.1 Å². The molecule has 1 unspecified atom stereocenters. The molecule has 0 bridgehead atoms. The number of methoxy groups -OCH3 is 4. The van der Waals surface area contributed by atoms with Crippen LogP contribution >= 0.6 is 0 Å². The summed E-state index contributed by atoms with van der Waals surface area (Å²) in [5.41, 5.74) is 2.30. The van der Waals surface area contributed by atoms with Crippen LogP contribution in [0.4, 0.5) is 10.5 Å². The number of ether oxygens (including phenoxy) is 5. The van der Waals surface area contributed by atoms with E-state index in [2.05, 4.69) is 32.2 Å². The predicted molar refractivity (Wildman–Crippen MR) is 167 cm³/mol. The van der Waals surface area contributed by atoms with Gasteiger partial charge in [-0.15, -0.1) is 0 Å². The van der Waals surface area contributed by atoms with Crippen molar-refractivity contribution in [2.75, 3.05) is 68.3 Å². The highest BCUT2D eigenvalue weighted by Crippen LogP contribution is 2.35. The van der Waals surface area contributed by atoms with Crippen LogP contribution < -0.4 is 23.4 Å². The summed E-state index contributed by atoms with van der Waals surface area (Å²) in [7, 11) is 8.86. The van der Waals surface area contributed by atoms with E-state index in [4.69, 9.17) is 23.7 Å². The van der Waals surface area contributed by atoms with Crippen LogP contribution in [-0.4, -0.2) is 79.3 Å². The van der Waals surface area contributed by atoms with E-state index >= 15 is 0 Å². The van der Waals surface area contributed by atoms with Gasteiger partial charge in [-0.1, -0.05) is 45.1 Å². The third kappa shape index (κ3) is 10.7. The molecular formula is C33H53N2O6+. The van der Waals surface area contributed by atoms with Crippen molar-refractivity contribution in [3.63, 3.8) is 0 Å². The zero-order valence-electron chi connectivity index (χ0n) is 26.5. The van der Waals surface area contributed by atoms with Crippen LogP contribution in [0.25, 0.3) is 0 Å². The molecule has 230 valence electrons. The fourth-order valence-electron chi connectivity index (χ4n) is 5.15. The van der Waals surface area contributed by atoms with Gasteiger partial charge in [-0.25, -0.2) is 4.79 Å². The molecule has 0 N–H and O–H groups in total.